The van der Waals surface area contributed by atoms with Crippen molar-refractivity contribution >= 4 is 28.1 Å². The Labute approximate surface area is 160 Å². The summed E-state index contributed by atoms with van der Waals surface area (Å²) in [6.45, 7) is 3.86. The molecule has 26 heavy (non-hydrogen) atoms. The molecule has 3 rings (SSSR count). The first kappa shape index (κ1) is 17.9. The Morgan fingerprint density at radius 3 is 2.62 bits per heavy atom. The third-order valence-corrected chi connectivity index (χ3v) is 4.54. The van der Waals surface area contributed by atoms with E-state index in [2.05, 4.69) is 26.5 Å². The number of phenols is 1. The van der Waals surface area contributed by atoms with Gasteiger partial charge in [-0.15, -0.1) is 0 Å². The SMILES string of the molecule is Cc1cc(C(=O)N/N=C/c2cc(Br)ccc2O)c(C)n1-c1ccccc1. The molecular weight excluding hydrogens is 394 g/mol. The van der Waals surface area contributed by atoms with Crippen molar-refractivity contribution in [1.82, 2.24) is 9.99 Å². The molecule has 132 valence electrons. The highest BCUT2D eigenvalue weighted by molar-refractivity contribution is 9.10. The van der Waals surface area contributed by atoms with Gasteiger partial charge in [0, 0.05) is 27.1 Å². The molecule has 0 bridgehead atoms. The number of aryl methyl sites for hydroxylation is 1. The van der Waals surface area contributed by atoms with Gasteiger partial charge in [0.2, 0.25) is 0 Å². The molecule has 2 N–H and O–H groups in total. The predicted molar refractivity (Wildman–Crippen MR) is 106 cm³/mol. The van der Waals surface area contributed by atoms with Crippen molar-refractivity contribution in [3.63, 3.8) is 0 Å². The minimum atomic E-state index is -0.300. The first-order valence-electron chi connectivity index (χ1n) is 8.03. The molecular formula is C20H18BrN3O2. The van der Waals surface area contributed by atoms with Crippen molar-refractivity contribution in [2.75, 3.05) is 0 Å². The molecule has 0 fully saturated rings. The molecule has 0 unspecified atom stereocenters. The van der Waals surface area contributed by atoms with Gasteiger partial charge in [-0.3, -0.25) is 4.79 Å². The van der Waals surface area contributed by atoms with Crippen LogP contribution >= 0.6 is 15.9 Å². The minimum absolute atomic E-state index is 0.0912. The molecule has 0 aliphatic rings. The Kier molecular flexibility index (Phi) is 5.23. The number of nitrogens with one attached hydrogen (secondary N) is 1. The van der Waals surface area contributed by atoms with Gasteiger partial charge in [0.05, 0.1) is 11.8 Å². The van der Waals surface area contributed by atoms with Crippen LogP contribution < -0.4 is 5.43 Å². The van der Waals surface area contributed by atoms with Gasteiger partial charge < -0.3 is 9.67 Å². The lowest BCUT2D eigenvalue weighted by atomic mass is 10.2. The monoisotopic (exact) mass is 411 g/mol. The molecule has 5 nitrogen and oxygen atoms in total. The number of aromatic hydroxyl groups is 1. The van der Waals surface area contributed by atoms with Crippen LogP contribution in [-0.2, 0) is 0 Å². The summed E-state index contributed by atoms with van der Waals surface area (Å²) in [7, 11) is 0. The van der Waals surface area contributed by atoms with Crippen LogP contribution in [0, 0.1) is 13.8 Å². The number of rotatable bonds is 4. The highest BCUT2D eigenvalue weighted by Crippen LogP contribution is 2.21. The zero-order chi connectivity index (χ0) is 18.7. The van der Waals surface area contributed by atoms with Crippen molar-refractivity contribution in [2.45, 2.75) is 13.8 Å². The number of aromatic nitrogens is 1. The van der Waals surface area contributed by atoms with E-state index in [9.17, 15) is 9.90 Å². The van der Waals surface area contributed by atoms with E-state index in [-0.39, 0.29) is 11.7 Å². The van der Waals surface area contributed by atoms with Crippen molar-refractivity contribution in [3.8, 4) is 11.4 Å². The Hall–Kier alpha value is -2.86. The number of benzene rings is 2. The highest BCUT2D eigenvalue weighted by Gasteiger charge is 2.16. The summed E-state index contributed by atoms with van der Waals surface area (Å²) in [6, 6.07) is 16.7. The standard InChI is InChI=1S/C20H18BrN3O2/c1-13-10-18(14(2)24(13)17-6-4-3-5-7-17)20(26)23-22-12-15-11-16(21)8-9-19(15)25/h3-12,25H,1-2H3,(H,23,26)/b22-12+. The molecule has 2 aromatic carbocycles. The van der Waals surface area contributed by atoms with Crippen LogP contribution in [0.25, 0.3) is 5.69 Å². The summed E-state index contributed by atoms with van der Waals surface area (Å²) in [5.74, 6) is -0.209. The van der Waals surface area contributed by atoms with Crippen molar-refractivity contribution < 1.29 is 9.90 Å². The van der Waals surface area contributed by atoms with Crippen LogP contribution in [0.1, 0.15) is 27.3 Å². The van der Waals surface area contributed by atoms with E-state index in [1.54, 1.807) is 18.2 Å². The number of halogens is 1. The summed E-state index contributed by atoms with van der Waals surface area (Å²) in [4.78, 5) is 12.5. The van der Waals surface area contributed by atoms with E-state index in [1.807, 2.05) is 54.8 Å². The maximum atomic E-state index is 12.5. The number of hydrogen-bond donors (Lipinski definition) is 2. The molecule has 3 aromatic rings. The van der Waals surface area contributed by atoms with Gasteiger partial charge in [0.25, 0.3) is 5.91 Å². The summed E-state index contributed by atoms with van der Waals surface area (Å²) in [5, 5.41) is 13.8. The summed E-state index contributed by atoms with van der Waals surface area (Å²) in [6.07, 6.45) is 1.41. The van der Waals surface area contributed by atoms with E-state index >= 15 is 0 Å². The fourth-order valence-electron chi connectivity index (χ4n) is 2.82. The molecule has 0 saturated carbocycles. The summed E-state index contributed by atoms with van der Waals surface area (Å²) in [5.41, 5.74) is 6.39. The zero-order valence-electron chi connectivity index (χ0n) is 14.4. The Morgan fingerprint density at radius 2 is 1.88 bits per heavy atom. The molecule has 1 amide bonds. The van der Waals surface area contributed by atoms with E-state index in [0.717, 1.165) is 21.5 Å². The van der Waals surface area contributed by atoms with Gasteiger partial charge in [-0.05, 0) is 50.2 Å². The first-order chi connectivity index (χ1) is 12.5. The second-order valence-electron chi connectivity index (χ2n) is 5.86. The van der Waals surface area contributed by atoms with E-state index in [0.29, 0.717) is 11.1 Å². The number of nitrogens with zero attached hydrogens (tertiary/aromatic N) is 2. The van der Waals surface area contributed by atoms with Crippen LogP contribution in [0.4, 0.5) is 0 Å². The number of hydrogen-bond acceptors (Lipinski definition) is 3. The molecule has 6 heteroatoms. The number of para-hydroxylation sites is 1. The lowest BCUT2D eigenvalue weighted by molar-refractivity contribution is 0.0954. The summed E-state index contributed by atoms with van der Waals surface area (Å²) >= 11 is 3.33. The summed E-state index contributed by atoms with van der Waals surface area (Å²) < 4.78 is 2.84. The second-order valence-corrected chi connectivity index (χ2v) is 6.77. The molecule has 0 atom stereocenters. The fourth-order valence-corrected chi connectivity index (χ4v) is 3.20. The van der Waals surface area contributed by atoms with Gasteiger partial charge >= 0.3 is 0 Å². The fraction of sp³-hybridized carbons (Fsp3) is 0.100. The molecule has 1 aromatic heterocycles. The second kappa shape index (κ2) is 7.58. The van der Waals surface area contributed by atoms with Crippen LogP contribution in [0.2, 0.25) is 0 Å². The first-order valence-corrected chi connectivity index (χ1v) is 8.83. The number of hydrazone groups is 1. The molecule has 0 aliphatic heterocycles. The lowest BCUT2D eigenvalue weighted by Gasteiger charge is -2.09. The van der Waals surface area contributed by atoms with Gasteiger partial charge in [-0.1, -0.05) is 34.1 Å². The molecule has 1 heterocycles. The minimum Gasteiger partial charge on any atom is -0.507 e. The van der Waals surface area contributed by atoms with Crippen LogP contribution in [0.5, 0.6) is 5.75 Å². The highest BCUT2D eigenvalue weighted by atomic mass is 79.9. The van der Waals surface area contributed by atoms with E-state index in [1.165, 1.54) is 6.21 Å². The van der Waals surface area contributed by atoms with Gasteiger partial charge in [-0.2, -0.15) is 5.10 Å². The molecule has 0 aliphatic carbocycles. The average molecular weight is 412 g/mol. The average Bonchev–Trinajstić information content (AvgIpc) is 2.93. The van der Waals surface area contributed by atoms with Gasteiger partial charge in [0.15, 0.2) is 0 Å². The Morgan fingerprint density at radius 1 is 1.15 bits per heavy atom. The van der Waals surface area contributed by atoms with Crippen molar-refractivity contribution in [3.05, 3.63) is 81.6 Å². The van der Waals surface area contributed by atoms with Crippen molar-refractivity contribution in [1.29, 1.82) is 0 Å². The maximum absolute atomic E-state index is 12.5. The number of phenolic OH excluding ortho intramolecular Hbond substituents is 1. The Bertz CT molecular complexity index is 978. The maximum Gasteiger partial charge on any atom is 0.273 e. The quantitative estimate of drug-likeness (QED) is 0.495. The van der Waals surface area contributed by atoms with Crippen LogP contribution in [0.15, 0.2) is 64.2 Å². The van der Waals surface area contributed by atoms with Gasteiger partial charge in [-0.25, -0.2) is 5.43 Å². The lowest BCUT2D eigenvalue weighted by Crippen LogP contribution is -2.18. The molecule has 0 saturated heterocycles. The third kappa shape index (κ3) is 3.70. The number of carbonyl (C=O) groups excluding carboxylic acids is 1. The predicted octanol–water partition coefficient (Wildman–Crippen LogP) is 4.33. The van der Waals surface area contributed by atoms with Crippen LogP contribution in [-0.4, -0.2) is 21.8 Å². The topological polar surface area (TPSA) is 66.6 Å². The van der Waals surface area contributed by atoms with Crippen molar-refractivity contribution in [2.24, 2.45) is 5.10 Å². The smallest absolute Gasteiger partial charge is 0.273 e. The number of amides is 1. The van der Waals surface area contributed by atoms with E-state index < -0.39 is 0 Å². The Balaban J connectivity index is 1.81. The zero-order valence-corrected chi connectivity index (χ0v) is 16.0. The third-order valence-electron chi connectivity index (χ3n) is 4.05. The largest absolute Gasteiger partial charge is 0.507 e. The normalized spacial score (nSPS) is 11.0. The van der Waals surface area contributed by atoms with E-state index in [4.69, 9.17) is 0 Å². The molecule has 0 spiro atoms. The van der Waals surface area contributed by atoms with Crippen LogP contribution in [0.3, 0.4) is 0 Å². The van der Waals surface area contributed by atoms with Gasteiger partial charge in [0.1, 0.15) is 5.75 Å². The molecule has 0 radical (unpaired) electrons. The number of carbonyl (C=O) groups is 1.